The molecule has 0 unspecified atom stereocenters. The van der Waals surface area contributed by atoms with Gasteiger partial charge >= 0.3 is 0 Å². The first-order valence-electron chi connectivity index (χ1n) is 4.74. The summed E-state index contributed by atoms with van der Waals surface area (Å²) >= 11 is 0. The van der Waals surface area contributed by atoms with Crippen LogP contribution in [0.5, 0.6) is 0 Å². The number of nitrogens with one attached hydrogen (secondary N) is 1. The molecular formula is C11H13F2NO. The zero-order valence-electron chi connectivity index (χ0n) is 8.68. The summed E-state index contributed by atoms with van der Waals surface area (Å²) in [5, 5.41) is 2.52. The lowest BCUT2D eigenvalue weighted by atomic mass is 10.1. The van der Waals surface area contributed by atoms with Gasteiger partial charge in [-0.15, -0.1) is 0 Å². The largest absolute Gasteiger partial charge is 0.352 e. The van der Waals surface area contributed by atoms with Crippen molar-refractivity contribution in [2.45, 2.75) is 13.8 Å². The molecule has 0 saturated heterocycles. The predicted octanol–water partition coefficient (Wildman–Crippen LogP) is 2.35. The normalized spacial score (nSPS) is 10.5. The van der Waals surface area contributed by atoms with Crippen molar-refractivity contribution in [1.29, 1.82) is 0 Å². The average molecular weight is 213 g/mol. The molecule has 1 N–H and O–H groups in total. The van der Waals surface area contributed by atoms with Crippen molar-refractivity contribution in [3.63, 3.8) is 0 Å². The highest BCUT2D eigenvalue weighted by atomic mass is 19.2. The fourth-order valence-electron chi connectivity index (χ4n) is 1.07. The second-order valence-electron chi connectivity index (χ2n) is 3.71. The molecule has 0 radical (unpaired) electrons. The first kappa shape index (κ1) is 11.6. The summed E-state index contributed by atoms with van der Waals surface area (Å²) < 4.78 is 25.9. The number of hydrogen-bond donors (Lipinski definition) is 1. The van der Waals surface area contributed by atoms with Gasteiger partial charge in [0, 0.05) is 6.54 Å². The van der Waals surface area contributed by atoms with E-state index >= 15 is 0 Å². The van der Waals surface area contributed by atoms with Gasteiger partial charge in [-0.2, -0.15) is 0 Å². The zero-order chi connectivity index (χ0) is 11.4. The minimum absolute atomic E-state index is 0.254. The van der Waals surface area contributed by atoms with Gasteiger partial charge in [0.1, 0.15) is 0 Å². The number of halogens is 2. The summed E-state index contributed by atoms with van der Waals surface area (Å²) in [5.41, 5.74) is -0.254. The van der Waals surface area contributed by atoms with Crippen molar-refractivity contribution in [3.8, 4) is 0 Å². The highest BCUT2D eigenvalue weighted by Gasteiger charge is 2.14. The number of hydrogen-bond acceptors (Lipinski definition) is 1. The quantitative estimate of drug-likeness (QED) is 0.820. The summed E-state index contributed by atoms with van der Waals surface area (Å²) in [6, 6.07) is 3.55. The fraction of sp³-hybridized carbons (Fsp3) is 0.364. The third-order valence-corrected chi connectivity index (χ3v) is 1.87. The van der Waals surface area contributed by atoms with E-state index < -0.39 is 17.5 Å². The topological polar surface area (TPSA) is 29.1 Å². The van der Waals surface area contributed by atoms with E-state index in [0.29, 0.717) is 6.54 Å². The average Bonchev–Trinajstić information content (AvgIpc) is 2.18. The Hall–Kier alpha value is -1.45. The molecule has 1 aromatic carbocycles. The molecular weight excluding hydrogens is 200 g/mol. The van der Waals surface area contributed by atoms with Crippen LogP contribution in [0.25, 0.3) is 0 Å². The van der Waals surface area contributed by atoms with Crippen LogP contribution in [0.1, 0.15) is 24.2 Å². The van der Waals surface area contributed by atoms with Crippen LogP contribution in [-0.2, 0) is 0 Å². The molecule has 15 heavy (non-hydrogen) atoms. The number of amides is 1. The van der Waals surface area contributed by atoms with E-state index in [9.17, 15) is 13.6 Å². The molecule has 2 nitrogen and oxygen atoms in total. The van der Waals surface area contributed by atoms with Crippen LogP contribution < -0.4 is 5.32 Å². The summed E-state index contributed by atoms with van der Waals surface area (Å²) in [5.74, 6) is -2.42. The van der Waals surface area contributed by atoms with Crippen LogP contribution in [-0.4, -0.2) is 12.5 Å². The number of rotatable bonds is 3. The maximum Gasteiger partial charge on any atom is 0.254 e. The Balaban J connectivity index is 2.78. The molecule has 0 aliphatic rings. The first-order chi connectivity index (χ1) is 7.02. The van der Waals surface area contributed by atoms with Gasteiger partial charge in [-0.05, 0) is 18.1 Å². The van der Waals surface area contributed by atoms with Gasteiger partial charge < -0.3 is 5.32 Å². The number of carbonyl (C=O) groups excluding carboxylic acids is 1. The van der Waals surface area contributed by atoms with E-state index in [1.54, 1.807) is 0 Å². The molecule has 1 rings (SSSR count). The zero-order valence-corrected chi connectivity index (χ0v) is 8.68. The lowest BCUT2D eigenvalue weighted by Gasteiger charge is -2.08. The molecule has 1 amide bonds. The van der Waals surface area contributed by atoms with Gasteiger partial charge in [0.15, 0.2) is 11.6 Å². The van der Waals surface area contributed by atoms with Gasteiger partial charge in [-0.25, -0.2) is 8.78 Å². The fourth-order valence-corrected chi connectivity index (χ4v) is 1.07. The first-order valence-corrected chi connectivity index (χ1v) is 4.74. The summed E-state index contributed by atoms with van der Waals surface area (Å²) in [6.07, 6.45) is 0. The Morgan fingerprint density at radius 2 is 2.07 bits per heavy atom. The highest BCUT2D eigenvalue weighted by Crippen LogP contribution is 2.10. The molecule has 4 heteroatoms. The Morgan fingerprint density at radius 1 is 1.40 bits per heavy atom. The summed E-state index contributed by atoms with van der Waals surface area (Å²) in [7, 11) is 0. The van der Waals surface area contributed by atoms with E-state index in [1.165, 1.54) is 12.1 Å². The van der Waals surface area contributed by atoms with Crippen molar-refractivity contribution < 1.29 is 13.6 Å². The van der Waals surface area contributed by atoms with Gasteiger partial charge in [0.25, 0.3) is 5.91 Å². The minimum atomic E-state index is -1.10. The predicted molar refractivity (Wildman–Crippen MR) is 53.5 cm³/mol. The molecule has 0 aliphatic heterocycles. The van der Waals surface area contributed by atoms with Crippen LogP contribution >= 0.6 is 0 Å². The summed E-state index contributed by atoms with van der Waals surface area (Å²) in [6.45, 7) is 4.28. The molecule has 82 valence electrons. The van der Waals surface area contributed by atoms with Gasteiger partial charge in [-0.1, -0.05) is 19.9 Å². The van der Waals surface area contributed by atoms with Crippen LogP contribution in [0.2, 0.25) is 0 Å². The van der Waals surface area contributed by atoms with E-state index in [-0.39, 0.29) is 11.5 Å². The SMILES string of the molecule is CC(C)CNC(=O)c1cccc(F)c1F. The van der Waals surface area contributed by atoms with Crippen molar-refractivity contribution in [3.05, 3.63) is 35.4 Å². The van der Waals surface area contributed by atoms with Gasteiger partial charge in [0.2, 0.25) is 0 Å². The Bertz CT molecular complexity index is 364. The van der Waals surface area contributed by atoms with Crippen molar-refractivity contribution >= 4 is 5.91 Å². The van der Waals surface area contributed by atoms with E-state index in [2.05, 4.69) is 5.32 Å². The van der Waals surface area contributed by atoms with Gasteiger partial charge in [-0.3, -0.25) is 4.79 Å². The monoisotopic (exact) mass is 213 g/mol. The third kappa shape index (κ3) is 3.01. The maximum atomic E-state index is 13.1. The molecule has 0 atom stereocenters. The van der Waals surface area contributed by atoms with Crippen molar-refractivity contribution in [2.24, 2.45) is 5.92 Å². The number of benzene rings is 1. The standard InChI is InChI=1S/C11H13F2NO/c1-7(2)6-14-11(15)8-4-3-5-9(12)10(8)13/h3-5,7H,6H2,1-2H3,(H,14,15). The lowest BCUT2D eigenvalue weighted by molar-refractivity contribution is 0.0944. The Kier molecular flexibility index (Phi) is 3.77. The van der Waals surface area contributed by atoms with E-state index in [1.807, 2.05) is 13.8 Å². The van der Waals surface area contributed by atoms with E-state index in [0.717, 1.165) is 6.07 Å². The molecule has 0 fully saturated rings. The molecule has 0 aliphatic carbocycles. The second-order valence-corrected chi connectivity index (χ2v) is 3.71. The van der Waals surface area contributed by atoms with Crippen LogP contribution in [0.3, 0.4) is 0 Å². The molecule has 0 spiro atoms. The highest BCUT2D eigenvalue weighted by molar-refractivity contribution is 5.94. The molecule has 0 heterocycles. The van der Waals surface area contributed by atoms with Crippen LogP contribution in [0.15, 0.2) is 18.2 Å². The van der Waals surface area contributed by atoms with E-state index in [4.69, 9.17) is 0 Å². The van der Waals surface area contributed by atoms with Crippen molar-refractivity contribution in [1.82, 2.24) is 5.32 Å². The second kappa shape index (κ2) is 4.87. The molecule has 1 aromatic rings. The maximum absolute atomic E-state index is 13.1. The van der Waals surface area contributed by atoms with Gasteiger partial charge in [0.05, 0.1) is 5.56 Å². The lowest BCUT2D eigenvalue weighted by Crippen LogP contribution is -2.28. The smallest absolute Gasteiger partial charge is 0.254 e. The minimum Gasteiger partial charge on any atom is -0.352 e. The van der Waals surface area contributed by atoms with Crippen LogP contribution in [0, 0.1) is 17.6 Å². The molecule has 0 aromatic heterocycles. The molecule has 0 saturated carbocycles. The van der Waals surface area contributed by atoms with Crippen molar-refractivity contribution in [2.75, 3.05) is 6.54 Å². The third-order valence-electron chi connectivity index (χ3n) is 1.87. The Labute approximate surface area is 87.3 Å². The number of carbonyl (C=O) groups is 1. The summed E-state index contributed by atoms with van der Waals surface area (Å²) in [4.78, 5) is 11.4. The molecule has 0 bridgehead atoms. The Morgan fingerprint density at radius 3 is 2.67 bits per heavy atom. The van der Waals surface area contributed by atoms with Crippen LogP contribution in [0.4, 0.5) is 8.78 Å².